The molecule has 1 atom stereocenters. The number of carboxylic acids is 1. The zero-order valence-corrected chi connectivity index (χ0v) is 11.3. The fraction of sp³-hybridized carbons (Fsp3) is 0.615. The van der Waals surface area contributed by atoms with E-state index in [0.29, 0.717) is 31.1 Å². The highest BCUT2D eigenvalue weighted by atomic mass is 16.5. The Bertz CT molecular complexity index is 566. The van der Waals surface area contributed by atoms with Crippen LogP contribution < -0.4 is 4.74 Å². The Balaban J connectivity index is 1.81. The van der Waals surface area contributed by atoms with Crippen LogP contribution in [-0.4, -0.2) is 51.4 Å². The first-order chi connectivity index (χ1) is 9.58. The van der Waals surface area contributed by atoms with E-state index in [2.05, 4.69) is 5.10 Å². The zero-order chi connectivity index (χ0) is 14.3. The Kier molecular flexibility index (Phi) is 3.11. The molecule has 1 amide bonds. The van der Waals surface area contributed by atoms with Crippen LogP contribution in [0.4, 0.5) is 0 Å². The van der Waals surface area contributed by atoms with E-state index < -0.39 is 11.9 Å². The highest BCUT2D eigenvalue weighted by molar-refractivity contribution is 5.94. The maximum atomic E-state index is 12.5. The third-order valence-corrected chi connectivity index (χ3v) is 3.91. The fourth-order valence-electron chi connectivity index (χ4n) is 2.75. The number of nitrogens with zero attached hydrogens (tertiary/aromatic N) is 3. The normalized spacial score (nSPS) is 21.4. The molecule has 7 heteroatoms. The number of likely N-dealkylation sites (tertiary alicyclic amines) is 1. The van der Waals surface area contributed by atoms with E-state index in [4.69, 9.17) is 9.84 Å². The number of ether oxygens (including phenoxy) is 1. The summed E-state index contributed by atoms with van der Waals surface area (Å²) in [5.74, 6) is -0.845. The minimum atomic E-state index is -0.843. The maximum Gasteiger partial charge on any atom is 0.308 e. The molecule has 0 radical (unpaired) electrons. The molecule has 20 heavy (non-hydrogen) atoms. The third kappa shape index (κ3) is 2.03. The first-order valence-electron chi connectivity index (χ1n) is 6.80. The van der Waals surface area contributed by atoms with Gasteiger partial charge in [-0.15, -0.1) is 0 Å². The smallest absolute Gasteiger partial charge is 0.308 e. The van der Waals surface area contributed by atoms with Gasteiger partial charge in [0.1, 0.15) is 0 Å². The van der Waals surface area contributed by atoms with Crippen LogP contribution in [0.25, 0.3) is 0 Å². The average molecular weight is 279 g/mol. The van der Waals surface area contributed by atoms with Gasteiger partial charge in [-0.1, -0.05) is 0 Å². The number of aliphatic carboxylic acids is 1. The van der Waals surface area contributed by atoms with E-state index in [-0.39, 0.29) is 12.5 Å². The predicted molar refractivity (Wildman–Crippen MR) is 68.7 cm³/mol. The lowest BCUT2D eigenvalue weighted by Crippen LogP contribution is -2.30. The molecule has 1 N–H and O–H groups in total. The Morgan fingerprint density at radius 1 is 1.40 bits per heavy atom. The van der Waals surface area contributed by atoms with Crippen molar-refractivity contribution < 1.29 is 19.4 Å². The van der Waals surface area contributed by atoms with Crippen molar-refractivity contribution in [2.24, 2.45) is 5.92 Å². The molecule has 0 saturated carbocycles. The summed E-state index contributed by atoms with van der Waals surface area (Å²) in [6.07, 6.45) is 1.39. The van der Waals surface area contributed by atoms with Crippen LogP contribution >= 0.6 is 0 Å². The van der Waals surface area contributed by atoms with Crippen LogP contribution in [0.15, 0.2) is 0 Å². The van der Waals surface area contributed by atoms with Gasteiger partial charge in [0.2, 0.25) is 5.88 Å². The predicted octanol–water partition coefficient (Wildman–Crippen LogP) is 0.521. The quantitative estimate of drug-likeness (QED) is 0.853. The van der Waals surface area contributed by atoms with Gasteiger partial charge in [0, 0.05) is 31.6 Å². The fourth-order valence-corrected chi connectivity index (χ4v) is 2.75. The molecule has 0 spiro atoms. The topological polar surface area (TPSA) is 84.7 Å². The van der Waals surface area contributed by atoms with E-state index in [1.165, 1.54) is 0 Å². The van der Waals surface area contributed by atoms with Crippen molar-refractivity contribution in [3.05, 3.63) is 11.3 Å². The summed E-state index contributed by atoms with van der Waals surface area (Å²) in [6, 6.07) is 0. The van der Waals surface area contributed by atoms with Crippen LogP contribution in [0.5, 0.6) is 5.88 Å². The van der Waals surface area contributed by atoms with Gasteiger partial charge in [-0.2, -0.15) is 5.10 Å². The zero-order valence-electron chi connectivity index (χ0n) is 11.3. The standard InChI is InChI=1S/C13H17N3O4/c1-8-10(14-16-4-2-6-20-12(8)16)11(17)15-5-3-9(7-15)13(18)19/h9H,2-7H2,1H3,(H,18,19). The van der Waals surface area contributed by atoms with Crippen molar-refractivity contribution in [3.8, 4) is 5.88 Å². The summed E-state index contributed by atoms with van der Waals surface area (Å²) < 4.78 is 7.26. The third-order valence-electron chi connectivity index (χ3n) is 3.91. The number of carbonyl (C=O) groups excluding carboxylic acids is 1. The summed E-state index contributed by atoms with van der Waals surface area (Å²) in [5.41, 5.74) is 1.13. The molecule has 7 nitrogen and oxygen atoms in total. The lowest BCUT2D eigenvalue weighted by molar-refractivity contribution is -0.141. The van der Waals surface area contributed by atoms with Crippen molar-refractivity contribution in [2.75, 3.05) is 19.7 Å². The number of aryl methyl sites for hydroxylation is 1. The number of aromatic nitrogens is 2. The largest absolute Gasteiger partial charge is 0.481 e. The number of amides is 1. The molecule has 0 aliphatic carbocycles. The molecule has 1 aromatic rings. The van der Waals surface area contributed by atoms with E-state index >= 15 is 0 Å². The van der Waals surface area contributed by atoms with Crippen LogP contribution in [0.3, 0.4) is 0 Å². The van der Waals surface area contributed by atoms with Gasteiger partial charge in [0.15, 0.2) is 5.69 Å². The highest BCUT2D eigenvalue weighted by Crippen LogP contribution is 2.27. The Labute approximate surface area is 116 Å². The molecule has 2 aliphatic rings. The molecule has 3 heterocycles. The maximum absolute atomic E-state index is 12.5. The van der Waals surface area contributed by atoms with Crippen molar-refractivity contribution in [2.45, 2.75) is 26.3 Å². The second-order valence-electron chi connectivity index (χ2n) is 5.28. The lowest BCUT2D eigenvalue weighted by atomic mass is 10.1. The highest BCUT2D eigenvalue weighted by Gasteiger charge is 2.34. The molecule has 3 rings (SSSR count). The van der Waals surface area contributed by atoms with Gasteiger partial charge >= 0.3 is 5.97 Å². The van der Waals surface area contributed by atoms with Gasteiger partial charge < -0.3 is 14.7 Å². The molecule has 1 aromatic heterocycles. The van der Waals surface area contributed by atoms with Crippen LogP contribution in [0.1, 0.15) is 28.9 Å². The van der Waals surface area contributed by atoms with Crippen molar-refractivity contribution in [1.29, 1.82) is 0 Å². The van der Waals surface area contributed by atoms with Crippen molar-refractivity contribution in [1.82, 2.24) is 14.7 Å². The lowest BCUT2D eigenvalue weighted by Gasteiger charge is -2.15. The van der Waals surface area contributed by atoms with Crippen LogP contribution in [0, 0.1) is 12.8 Å². The van der Waals surface area contributed by atoms with Gasteiger partial charge in [0.25, 0.3) is 5.91 Å². The van der Waals surface area contributed by atoms with E-state index in [0.717, 1.165) is 18.5 Å². The average Bonchev–Trinajstić information content (AvgIpc) is 3.04. The van der Waals surface area contributed by atoms with E-state index in [9.17, 15) is 9.59 Å². The molecular weight excluding hydrogens is 262 g/mol. The van der Waals surface area contributed by atoms with E-state index in [1.807, 2.05) is 6.92 Å². The number of hydrogen-bond donors (Lipinski definition) is 1. The van der Waals surface area contributed by atoms with Gasteiger partial charge in [-0.25, -0.2) is 4.68 Å². The SMILES string of the molecule is Cc1c(C(=O)N2CCC(C(=O)O)C2)nn2c1OCCC2. The minimum absolute atomic E-state index is 0.197. The van der Waals surface area contributed by atoms with Crippen molar-refractivity contribution >= 4 is 11.9 Å². The molecule has 108 valence electrons. The summed E-state index contributed by atoms with van der Waals surface area (Å²) in [7, 11) is 0. The molecule has 1 fully saturated rings. The number of carboxylic acid groups (broad SMARTS) is 1. The Morgan fingerprint density at radius 3 is 2.85 bits per heavy atom. The van der Waals surface area contributed by atoms with Crippen LogP contribution in [-0.2, 0) is 11.3 Å². The van der Waals surface area contributed by atoms with Gasteiger partial charge in [0.05, 0.1) is 12.5 Å². The second kappa shape index (κ2) is 4.81. The van der Waals surface area contributed by atoms with Crippen LogP contribution in [0.2, 0.25) is 0 Å². The summed E-state index contributed by atoms with van der Waals surface area (Å²) >= 11 is 0. The molecule has 1 unspecified atom stereocenters. The molecule has 2 aliphatic heterocycles. The van der Waals surface area contributed by atoms with Gasteiger partial charge in [-0.3, -0.25) is 9.59 Å². The summed E-state index contributed by atoms with van der Waals surface area (Å²) in [6.45, 7) is 3.95. The Morgan fingerprint density at radius 2 is 2.20 bits per heavy atom. The number of hydrogen-bond acceptors (Lipinski definition) is 4. The van der Waals surface area contributed by atoms with E-state index in [1.54, 1.807) is 9.58 Å². The molecule has 0 bridgehead atoms. The first-order valence-corrected chi connectivity index (χ1v) is 6.80. The Hall–Kier alpha value is -2.05. The first kappa shape index (κ1) is 13.0. The molecule has 1 saturated heterocycles. The minimum Gasteiger partial charge on any atom is -0.481 e. The summed E-state index contributed by atoms with van der Waals surface area (Å²) in [4.78, 5) is 25.0. The van der Waals surface area contributed by atoms with Crippen molar-refractivity contribution in [3.63, 3.8) is 0 Å². The molecular formula is C13H17N3O4. The number of carbonyl (C=O) groups is 2. The number of rotatable bonds is 2. The number of fused-ring (bicyclic) bond motifs is 1. The molecule has 0 aromatic carbocycles. The monoisotopic (exact) mass is 279 g/mol. The summed E-state index contributed by atoms with van der Waals surface area (Å²) in [5, 5.41) is 13.3. The van der Waals surface area contributed by atoms with Gasteiger partial charge in [-0.05, 0) is 13.3 Å². The second-order valence-corrected chi connectivity index (χ2v) is 5.28.